The Morgan fingerprint density at radius 3 is 2.60 bits per heavy atom. The highest BCUT2D eigenvalue weighted by Crippen LogP contribution is 2.26. The maximum Gasteiger partial charge on any atom is 0.226 e. The fraction of sp³-hybridized carbons (Fsp3) is 0.588. The highest BCUT2D eigenvalue weighted by atomic mass is 16.2. The van der Waals surface area contributed by atoms with Crippen molar-refractivity contribution in [3.63, 3.8) is 0 Å². The van der Waals surface area contributed by atoms with E-state index in [-0.39, 0.29) is 23.9 Å². The van der Waals surface area contributed by atoms with Crippen molar-refractivity contribution in [1.82, 2.24) is 4.90 Å². The van der Waals surface area contributed by atoms with Crippen molar-refractivity contribution in [2.45, 2.75) is 58.2 Å². The van der Waals surface area contributed by atoms with Crippen LogP contribution in [0.2, 0.25) is 0 Å². The third-order valence-corrected chi connectivity index (χ3v) is 4.17. The molecule has 0 spiro atoms. The lowest BCUT2D eigenvalue weighted by Gasteiger charge is -2.34. The summed E-state index contributed by atoms with van der Waals surface area (Å²) < 4.78 is 0. The van der Waals surface area contributed by atoms with Crippen LogP contribution in [-0.2, 0) is 11.3 Å². The van der Waals surface area contributed by atoms with E-state index in [1.807, 2.05) is 23.1 Å². The number of hydrogen-bond acceptors (Lipinski definition) is 2. The summed E-state index contributed by atoms with van der Waals surface area (Å²) in [6.07, 6.45) is 3.97. The van der Waals surface area contributed by atoms with Gasteiger partial charge in [0.2, 0.25) is 5.91 Å². The zero-order chi connectivity index (χ0) is 14.5. The average Bonchev–Trinajstić information content (AvgIpc) is 2.45. The summed E-state index contributed by atoms with van der Waals surface area (Å²) in [7, 11) is 0. The van der Waals surface area contributed by atoms with E-state index in [9.17, 15) is 4.79 Å². The van der Waals surface area contributed by atoms with Crippen LogP contribution in [0.5, 0.6) is 0 Å². The smallest absolute Gasteiger partial charge is 0.226 e. The Bertz CT molecular complexity index is 430. The van der Waals surface area contributed by atoms with Gasteiger partial charge in [-0.2, -0.15) is 0 Å². The Morgan fingerprint density at radius 1 is 1.30 bits per heavy atom. The number of amides is 1. The van der Waals surface area contributed by atoms with Gasteiger partial charge in [-0.25, -0.2) is 0 Å². The molecule has 1 aromatic carbocycles. The summed E-state index contributed by atoms with van der Waals surface area (Å²) in [5, 5.41) is 0. The van der Waals surface area contributed by atoms with Gasteiger partial charge in [0.1, 0.15) is 0 Å². The molecule has 20 heavy (non-hydrogen) atoms. The second kappa shape index (κ2) is 6.89. The summed E-state index contributed by atoms with van der Waals surface area (Å²) in [6, 6.07) is 10.6. The van der Waals surface area contributed by atoms with Crippen LogP contribution in [0.1, 0.15) is 45.1 Å². The van der Waals surface area contributed by atoms with Gasteiger partial charge in [0.15, 0.2) is 0 Å². The molecule has 0 aromatic heterocycles. The molecule has 3 heteroatoms. The standard InChI is InChI=1S/C17H26N2O/c1-13(2)19(12-14-7-4-3-5-8-14)17(20)15-9-6-10-16(18)11-15/h3-5,7-8,13,15-16H,6,9-12,18H2,1-2H3. The molecule has 2 N–H and O–H groups in total. The van der Waals surface area contributed by atoms with Gasteiger partial charge >= 0.3 is 0 Å². The van der Waals surface area contributed by atoms with E-state index in [1.165, 1.54) is 5.56 Å². The quantitative estimate of drug-likeness (QED) is 0.917. The first-order valence-electron chi connectivity index (χ1n) is 7.68. The topological polar surface area (TPSA) is 46.3 Å². The van der Waals surface area contributed by atoms with Crippen LogP contribution in [0.15, 0.2) is 30.3 Å². The monoisotopic (exact) mass is 274 g/mol. The first kappa shape index (κ1) is 15.0. The Morgan fingerprint density at radius 2 is 2.00 bits per heavy atom. The molecule has 1 aromatic rings. The van der Waals surface area contributed by atoms with Gasteiger partial charge in [0.25, 0.3) is 0 Å². The van der Waals surface area contributed by atoms with Crippen molar-refractivity contribution in [3.8, 4) is 0 Å². The Kier molecular flexibility index (Phi) is 5.18. The maximum atomic E-state index is 12.8. The Labute approximate surface area is 122 Å². The van der Waals surface area contributed by atoms with Crippen LogP contribution in [0.25, 0.3) is 0 Å². The minimum atomic E-state index is 0.116. The first-order valence-corrected chi connectivity index (χ1v) is 7.68. The van der Waals surface area contributed by atoms with Crippen LogP contribution >= 0.6 is 0 Å². The molecule has 2 unspecified atom stereocenters. The van der Waals surface area contributed by atoms with Crippen LogP contribution in [-0.4, -0.2) is 22.9 Å². The molecule has 1 aliphatic rings. The predicted octanol–water partition coefficient (Wildman–Crippen LogP) is 2.94. The van der Waals surface area contributed by atoms with Crippen LogP contribution in [0, 0.1) is 5.92 Å². The van der Waals surface area contributed by atoms with Gasteiger partial charge in [-0.1, -0.05) is 36.8 Å². The van der Waals surface area contributed by atoms with Gasteiger partial charge < -0.3 is 10.6 Å². The van der Waals surface area contributed by atoms with E-state index in [0.29, 0.717) is 6.54 Å². The highest BCUT2D eigenvalue weighted by molar-refractivity contribution is 5.79. The molecule has 1 amide bonds. The SMILES string of the molecule is CC(C)N(Cc1ccccc1)C(=O)C1CCCC(N)C1. The molecule has 3 nitrogen and oxygen atoms in total. The molecule has 2 rings (SSSR count). The Hall–Kier alpha value is -1.35. The lowest BCUT2D eigenvalue weighted by molar-refractivity contribution is -0.139. The minimum absolute atomic E-state index is 0.116. The van der Waals surface area contributed by atoms with Crippen molar-refractivity contribution < 1.29 is 4.79 Å². The van der Waals surface area contributed by atoms with E-state index in [1.54, 1.807) is 0 Å². The molecule has 110 valence electrons. The minimum Gasteiger partial charge on any atom is -0.336 e. The predicted molar refractivity (Wildman–Crippen MR) is 82.1 cm³/mol. The zero-order valence-corrected chi connectivity index (χ0v) is 12.6. The highest BCUT2D eigenvalue weighted by Gasteiger charge is 2.30. The summed E-state index contributed by atoms with van der Waals surface area (Å²) in [4.78, 5) is 14.8. The molecule has 0 radical (unpaired) electrons. The number of nitrogens with two attached hydrogens (primary N) is 1. The van der Waals surface area contributed by atoms with Gasteiger partial charge in [0, 0.05) is 24.5 Å². The second-order valence-corrected chi connectivity index (χ2v) is 6.17. The van der Waals surface area contributed by atoms with E-state index < -0.39 is 0 Å². The van der Waals surface area contributed by atoms with Crippen LogP contribution < -0.4 is 5.73 Å². The fourth-order valence-electron chi connectivity index (χ4n) is 2.98. The van der Waals surface area contributed by atoms with Gasteiger partial charge in [-0.05, 0) is 38.7 Å². The van der Waals surface area contributed by atoms with Crippen molar-refractivity contribution in [3.05, 3.63) is 35.9 Å². The molecule has 0 aliphatic heterocycles. The van der Waals surface area contributed by atoms with Crippen molar-refractivity contribution in [2.24, 2.45) is 11.7 Å². The van der Waals surface area contributed by atoms with E-state index in [2.05, 4.69) is 26.0 Å². The molecule has 1 aliphatic carbocycles. The molecule has 0 bridgehead atoms. The van der Waals surface area contributed by atoms with E-state index >= 15 is 0 Å². The lowest BCUT2D eigenvalue weighted by atomic mass is 9.85. The lowest BCUT2D eigenvalue weighted by Crippen LogP contribution is -2.43. The Balaban J connectivity index is 2.06. The van der Waals surface area contributed by atoms with Crippen LogP contribution in [0.3, 0.4) is 0 Å². The molecule has 1 saturated carbocycles. The number of carbonyl (C=O) groups is 1. The summed E-state index contributed by atoms with van der Waals surface area (Å²) >= 11 is 0. The molecule has 2 atom stereocenters. The molecule has 0 heterocycles. The average molecular weight is 274 g/mol. The maximum absolute atomic E-state index is 12.8. The van der Waals surface area contributed by atoms with Gasteiger partial charge in [-0.3, -0.25) is 4.79 Å². The van der Waals surface area contributed by atoms with E-state index in [4.69, 9.17) is 5.73 Å². The first-order chi connectivity index (χ1) is 9.58. The summed E-state index contributed by atoms with van der Waals surface area (Å²) in [5.41, 5.74) is 7.21. The van der Waals surface area contributed by atoms with E-state index in [0.717, 1.165) is 25.7 Å². The summed E-state index contributed by atoms with van der Waals surface area (Å²) in [5.74, 6) is 0.392. The summed E-state index contributed by atoms with van der Waals surface area (Å²) in [6.45, 7) is 4.87. The molecular weight excluding hydrogens is 248 g/mol. The molecular formula is C17H26N2O. The number of rotatable bonds is 4. The number of benzene rings is 1. The largest absolute Gasteiger partial charge is 0.336 e. The molecule has 1 fully saturated rings. The van der Waals surface area contributed by atoms with Gasteiger partial charge in [0.05, 0.1) is 0 Å². The second-order valence-electron chi connectivity index (χ2n) is 6.17. The number of nitrogens with zero attached hydrogens (tertiary/aromatic N) is 1. The zero-order valence-electron chi connectivity index (χ0n) is 12.6. The van der Waals surface area contributed by atoms with Crippen molar-refractivity contribution in [1.29, 1.82) is 0 Å². The number of hydrogen-bond donors (Lipinski definition) is 1. The third kappa shape index (κ3) is 3.83. The van der Waals surface area contributed by atoms with Crippen molar-refractivity contribution >= 4 is 5.91 Å². The van der Waals surface area contributed by atoms with Crippen molar-refractivity contribution in [2.75, 3.05) is 0 Å². The number of carbonyl (C=O) groups excluding carboxylic acids is 1. The fourth-order valence-corrected chi connectivity index (χ4v) is 2.98. The third-order valence-electron chi connectivity index (χ3n) is 4.17. The van der Waals surface area contributed by atoms with Gasteiger partial charge in [-0.15, -0.1) is 0 Å². The molecule has 0 saturated heterocycles. The van der Waals surface area contributed by atoms with Crippen LogP contribution in [0.4, 0.5) is 0 Å². The normalized spacial score (nSPS) is 22.8.